The first kappa shape index (κ1) is 22.5. The Morgan fingerprint density at radius 2 is 1.83 bits per heavy atom. The summed E-state index contributed by atoms with van der Waals surface area (Å²) >= 11 is 0. The van der Waals surface area contributed by atoms with Crippen molar-refractivity contribution in [1.82, 2.24) is 9.80 Å². The van der Waals surface area contributed by atoms with Gasteiger partial charge in [0.15, 0.2) is 5.78 Å². The Labute approximate surface area is 179 Å². The minimum atomic E-state index is -1.02. The molecule has 1 aromatic carbocycles. The van der Waals surface area contributed by atoms with Crippen LogP contribution in [0.4, 0.5) is 4.79 Å². The largest absolute Gasteiger partial charge is 0.378 e. The predicted octanol–water partition coefficient (Wildman–Crippen LogP) is 4.14. The van der Waals surface area contributed by atoms with E-state index in [1.54, 1.807) is 31.3 Å². The molecule has 30 heavy (non-hydrogen) atoms. The summed E-state index contributed by atoms with van der Waals surface area (Å²) in [7, 11) is 1.67. The molecular formula is C24H34N2O4. The summed E-state index contributed by atoms with van der Waals surface area (Å²) in [6.07, 6.45) is 3.66. The van der Waals surface area contributed by atoms with Gasteiger partial charge in [-0.25, -0.2) is 4.79 Å². The third-order valence-corrected chi connectivity index (χ3v) is 7.44. The quantitative estimate of drug-likeness (QED) is 0.497. The van der Waals surface area contributed by atoms with E-state index in [4.69, 9.17) is 4.74 Å². The number of Topliss-reactive ketones (excluding diaryl/α,β-unsaturated/α-hetero) is 1. The summed E-state index contributed by atoms with van der Waals surface area (Å²) in [6, 6.07) is 8.38. The zero-order valence-electron chi connectivity index (χ0n) is 18.8. The van der Waals surface area contributed by atoms with Crippen LogP contribution in [0.2, 0.25) is 0 Å². The van der Waals surface area contributed by atoms with E-state index in [1.807, 2.05) is 19.9 Å². The van der Waals surface area contributed by atoms with Gasteiger partial charge in [0.2, 0.25) is 0 Å². The number of hydrogen-bond acceptors (Lipinski definition) is 4. The molecule has 0 bridgehead atoms. The highest BCUT2D eigenvalue weighted by atomic mass is 16.5. The number of hydrogen-bond donors (Lipinski definition) is 0. The molecule has 164 valence electrons. The number of carbonyl (C=O) groups is 3. The zero-order valence-corrected chi connectivity index (χ0v) is 18.8. The number of benzene rings is 1. The minimum Gasteiger partial charge on any atom is -0.378 e. The Kier molecular flexibility index (Phi) is 6.37. The number of carbonyl (C=O) groups excluding carboxylic acids is 3. The number of imide groups is 1. The Morgan fingerprint density at radius 1 is 1.17 bits per heavy atom. The Bertz CT molecular complexity index is 811. The molecule has 2 fully saturated rings. The molecule has 1 heterocycles. The van der Waals surface area contributed by atoms with E-state index in [0.29, 0.717) is 12.2 Å². The third-order valence-electron chi connectivity index (χ3n) is 7.44. The molecule has 3 amide bonds. The van der Waals surface area contributed by atoms with E-state index in [0.717, 1.165) is 30.6 Å². The molecule has 4 unspecified atom stereocenters. The van der Waals surface area contributed by atoms with E-state index < -0.39 is 11.6 Å². The van der Waals surface area contributed by atoms with Crippen LogP contribution in [-0.2, 0) is 9.53 Å². The van der Waals surface area contributed by atoms with Crippen molar-refractivity contribution in [1.29, 1.82) is 0 Å². The second-order valence-electron chi connectivity index (χ2n) is 9.18. The lowest BCUT2D eigenvalue weighted by molar-refractivity contribution is -0.143. The SMILES string of the molecule is CCOC1CCC(C)(CC)CC1C1(C)C(=O)N(CC(=O)c2ccccc2)C(=O)N1C. The first-order valence-corrected chi connectivity index (χ1v) is 11.0. The molecule has 0 aromatic heterocycles. The minimum absolute atomic E-state index is 0.0800. The van der Waals surface area contributed by atoms with Crippen LogP contribution in [-0.4, -0.2) is 59.4 Å². The van der Waals surface area contributed by atoms with Crippen LogP contribution in [0.3, 0.4) is 0 Å². The van der Waals surface area contributed by atoms with E-state index in [-0.39, 0.29) is 35.7 Å². The average molecular weight is 415 g/mol. The van der Waals surface area contributed by atoms with Crippen molar-refractivity contribution >= 4 is 17.7 Å². The van der Waals surface area contributed by atoms with Gasteiger partial charge in [0.05, 0.1) is 12.6 Å². The summed E-state index contributed by atoms with van der Waals surface area (Å²) in [4.78, 5) is 42.1. The van der Waals surface area contributed by atoms with Gasteiger partial charge in [0, 0.05) is 25.1 Å². The van der Waals surface area contributed by atoms with Crippen molar-refractivity contribution in [3.8, 4) is 0 Å². The molecule has 6 nitrogen and oxygen atoms in total. The van der Waals surface area contributed by atoms with E-state index in [9.17, 15) is 14.4 Å². The van der Waals surface area contributed by atoms with Crippen molar-refractivity contribution in [3.63, 3.8) is 0 Å². The van der Waals surface area contributed by atoms with Crippen molar-refractivity contribution in [2.75, 3.05) is 20.2 Å². The normalized spacial score (nSPS) is 32.0. The molecule has 0 radical (unpaired) electrons. The van der Waals surface area contributed by atoms with Crippen LogP contribution < -0.4 is 0 Å². The fourth-order valence-corrected chi connectivity index (χ4v) is 5.04. The molecule has 1 saturated heterocycles. The zero-order chi connectivity index (χ0) is 22.1. The molecule has 4 atom stereocenters. The van der Waals surface area contributed by atoms with E-state index in [1.165, 1.54) is 4.90 Å². The van der Waals surface area contributed by atoms with Crippen LogP contribution in [0.15, 0.2) is 30.3 Å². The summed E-state index contributed by atoms with van der Waals surface area (Å²) in [6.45, 7) is 8.57. The molecule has 3 rings (SSSR count). The van der Waals surface area contributed by atoms with Gasteiger partial charge >= 0.3 is 6.03 Å². The molecule has 1 aliphatic carbocycles. The standard InChI is InChI=1S/C24H34N2O4/c1-6-23(3)14-13-20(30-7-2)18(15-23)24(4)21(28)26(22(29)25(24)5)16-19(27)17-11-9-8-10-12-17/h8-12,18,20H,6-7,13-16H2,1-5H3. The third kappa shape index (κ3) is 3.78. The second-order valence-corrected chi connectivity index (χ2v) is 9.18. The number of likely N-dealkylation sites (N-methyl/N-ethyl adjacent to an activating group) is 1. The van der Waals surface area contributed by atoms with Gasteiger partial charge in [-0.1, -0.05) is 50.6 Å². The smallest absolute Gasteiger partial charge is 0.327 e. The Hall–Kier alpha value is -2.21. The van der Waals surface area contributed by atoms with E-state index in [2.05, 4.69) is 13.8 Å². The van der Waals surface area contributed by atoms with Gasteiger partial charge in [-0.15, -0.1) is 0 Å². The molecule has 0 spiro atoms. The summed E-state index contributed by atoms with van der Waals surface area (Å²) in [5.41, 5.74) is -0.415. The lowest BCUT2D eigenvalue weighted by Gasteiger charge is -2.49. The van der Waals surface area contributed by atoms with Gasteiger partial charge in [-0.2, -0.15) is 0 Å². The van der Waals surface area contributed by atoms with Crippen molar-refractivity contribution < 1.29 is 19.1 Å². The molecule has 0 N–H and O–H groups in total. The molecular weight excluding hydrogens is 380 g/mol. The van der Waals surface area contributed by atoms with Gasteiger partial charge in [-0.3, -0.25) is 14.5 Å². The maximum absolute atomic E-state index is 13.6. The Morgan fingerprint density at radius 3 is 2.43 bits per heavy atom. The molecule has 2 aliphatic rings. The van der Waals surface area contributed by atoms with Gasteiger partial charge in [0.1, 0.15) is 5.54 Å². The fraction of sp³-hybridized carbons (Fsp3) is 0.625. The van der Waals surface area contributed by atoms with Crippen molar-refractivity contribution in [2.24, 2.45) is 11.3 Å². The van der Waals surface area contributed by atoms with E-state index >= 15 is 0 Å². The summed E-state index contributed by atoms with van der Waals surface area (Å²) in [5, 5.41) is 0. The lowest BCUT2D eigenvalue weighted by atomic mass is 9.62. The number of amides is 3. The van der Waals surface area contributed by atoms with Crippen molar-refractivity contribution in [3.05, 3.63) is 35.9 Å². The molecule has 1 saturated carbocycles. The number of urea groups is 1. The highest BCUT2D eigenvalue weighted by molar-refractivity contribution is 6.11. The van der Waals surface area contributed by atoms with Crippen molar-refractivity contribution in [2.45, 2.75) is 65.0 Å². The maximum atomic E-state index is 13.6. The molecule has 1 aromatic rings. The highest BCUT2D eigenvalue weighted by Gasteiger charge is 2.60. The molecule has 1 aliphatic heterocycles. The predicted molar refractivity (Wildman–Crippen MR) is 115 cm³/mol. The highest BCUT2D eigenvalue weighted by Crippen LogP contribution is 2.49. The summed E-state index contributed by atoms with van der Waals surface area (Å²) < 4.78 is 6.05. The number of ether oxygens (including phenoxy) is 1. The fourth-order valence-electron chi connectivity index (χ4n) is 5.04. The first-order valence-electron chi connectivity index (χ1n) is 11.0. The molecule has 6 heteroatoms. The number of rotatable bonds is 7. The number of nitrogens with zero attached hydrogens (tertiary/aromatic N) is 2. The van der Waals surface area contributed by atoms with Gasteiger partial charge in [0.25, 0.3) is 5.91 Å². The van der Waals surface area contributed by atoms with Gasteiger partial charge in [-0.05, 0) is 38.5 Å². The summed E-state index contributed by atoms with van der Waals surface area (Å²) in [5.74, 6) is -0.651. The topological polar surface area (TPSA) is 66.9 Å². The van der Waals surface area contributed by atoms with Crippen LogP contribution in [0.1, 0.15) is 63.7 Å². The lowest BCUT2D eigenvalue weighted by Crippen LogP contribution is -2.58. The second kappa shape index (κ2) is 8.50. The van der Waals surface area contributed by atoms with Crippen LogP contribution in [0.25, 0.3) is 0 Å². The Balaban J connectivity index is 1.90. The number of ketones is 1. The van der Waals surface area contributed by atoms with Gasteiger partial charge < -0.3 is 9.64 Å². The average Bonchev–Trinajstić information content (AvgIpc) is 2.92. The monoisotopic (exact) mass is 414 g/mol. The first-order chi connectivity index (χ1) is 14.2. The van der Waals surface area contributed by atoms with Crippen LogP contribution in [0, 0.1) is 11.3 Å². The van der Waals surface area contributed by atoms with Crippen LogP contribution in [0.5, 0.6) is 0 Å². The maximum Gasteiger partial charge on any atom is 0.327 e. The van der Waals surface area contributed by atoms with Crippen LogP contribution >= 0.6 is 0 Å².